The van der Waals surface area contributed by atoms with Crippen molar-refractivity contribution in [2.75, 3.05) is 5.43 Å². The van der Waals surface area contributed by atoms with Crippen molar-refractivity contribution in [2.45, 2.75) is 6.92 Å². The number of anilines is 1. The minimum absolute atomic E-state index is 0.191. The Kier molecular flexibility index (Phi) is 3.33. The number of nitrogens with zero attached hydrogens (tertiary/aromatic N) is 3. The number of aromatic hydroxyl groups is 1. The van der Waals surface area contributed by atoms with Crippen LogP contribution in [0.1, 0.15) is 11.3 Å². The molecule has 0 aliphatic rings. The maximum atomic E-state index is 11.0. The van der Waals surface area contributed by atoms with Gasteiger partial charge in [-0.1, -0.05) is 0 Å². The molecule has 7 heteroatoms. The topological polar surface area (TPSA) is 103 Å². The maximum absolute atomic E-state index is 11.0. The van der Waals surface area contributed by atoms with E-state index in [9.17, 15) is 4.79 Å². The van der Waals surface area contributed by atoms with Gasteiger partial charge >= 0.3 is 5.69 Å². The number of H-pyrrole nitrogens is 1. The third kappa shape index (κ3) is 2.91. The SMILES string of the molecule is Cc1n[nH]c(=O)nc1NN=Cc1ccc(O)cc1. The standard InChI is InChI=1S/C11H11N5O2/c1-7-10(13-11(18)16-14-7)15-12-6-8-2-4-9(17)5-3-8/h2-6,17H,1H3,(H2,13,15,16,18). The second-order valence-electron chi connectivity index (χ2n) is 3.54. The van der Waals surface area contributed by atoms with Gasteiger partial charge in [-0.2, -0.15) is 15.2 Å². The summed E-state index contributed by atoms with van der Waals surface area (Å²) in [5.74, 6) is 0.491. The van der Waals surface area contributed by atoms with Gasteiger partial charge in [-0.25, -0.2) is 9.89 Å². The fourth-order valence-corrected chi connectivity index (χ4v) is 1.23. The summed E-state index contributed by atoms with van der Waals surface area (Å²) in [5, 5.41) is 19.0. The minimum atomic E-state index is -0.539. The molecule has 0 fully saturated rings. The molecule has 0 atom stereocenters. The number of aryl methyl sites for hydroxylation is 1. The van der Waals surface area contributed by atoms with Gasteiger partial charge in [-0.05, 0) is 36.8 Å². The van der Waals surface area contributed by atoms with Gasteiger partial charge in [0.1, 0.15) is 11.4 Å². The summed E-state index contributed by atoms with van der Waals surface area (Å²) in [7, 11) is 0. The first kappa shape index (κ1) is 11.8. The number of hydrogen-bond acceptors (Lipinski definition) is 6. The van der Waals surface area contributed by atoms with Crippen molar-refractivity contribution in [3.05, 3.63) is 46.0 Å². The molecule has 0 aliphatic carbocycles. The molecule has 0 radical (unpaired) electrons. The van der Waals surface area contributed by atoms with Crippen LogP contribution in [0.15, 0.2) is 34.2 Å². The monoisotopic (exact) mass is 245 g/mol. The molecule has 2 rings (SSSR count). The largest absolute Gasteiger partial charge is 0.508 e. The number of hydrogen-bond donors (Lipinski definition) is 3. The molecule has 0 aliphatic heterocycles. The Hall–Kier alpha value is -2.70. The highest BCUT2D eigenvalue weighted by Gasteiger charge is 1.99. The number of phenolic OH excluding ortho intramolecular Hbond substituents is 1. The lowest BCUT2D eigenvalue weighted by molar-refractivity contribution is 0.475. The molecule has 1 aromatic carbocycles. The number of aromatic amines is 1. The number of phenols is 1. The van der Waals surface area contributed by atoms with Crippen LogP contribution in [0, 0.1) is 6.92 Å². The van der Waals surface area contributed by atoms with Gasteiger partial charge in [0.2, 0.25) is 0 Å². The van der Waals surface area contributed by atoms with Crippen molar-refractivity contribution < 1.29 is 5.11 Å². The molecule has 0 bridgehead atoms. The van der Waals surface area contributed by atoms with Crippen LogP contribution in [0.25, 0.3) is 0 Å². The number of nitrogens with one attached hydrogen (secondary N) is 2. The van der Waals surface area contributed by atoms with Crippen LogP contribution >= 0.6 is 0 Å². The van der Waals surface area contributed by atoms with E-state index < -0.39 is 5.69 Å². The highest BCUT2D eigenvalue weighted by molar-refractivity contribution is 5.80. The molecule has 0 amide bonds. The number of hydrazone groups is 1. The lowest BCUT2D eigenvalue weighted by Crippen LogP contribution is -2.15. The van der Waals surface area contributed by atoms with Gasteiger partial charge in [0.25, 0.3) is 0 Å². The van der Waals surface area contributed by atoms with Crippen LogP contribution in [0.2, 0.25) is 0 Å². The van der Waals surface area contributed by atoms with Gasteiger partial charge in [0.15, 0.2) is 5.82 Å². The van der Waals surface area contributed by atoms with E-state index in [4.69, 9.17) is 5.11 Å². The third-order valence-corrected chi connectivity index (χ3v) is 2.15. The minimum Gasteiger partial charge on any atom is -0.508 e. The molecule has 0 spiro atoms. The van der Waals surface area contributed by atoms with E-state index in [2.05, 4.69) is 25.7 Å². The van der Waals surface area contributed by atoms with Crippen LogP contribution in [0.3, 0.4) is 0 Å². The van der Waals surface area contributed by atoms with Gasteiger partial charge in [0.05, 0.1) is 6.21 Å². The van der Waals surface area contributed by atoms with E-state index >= 15 is 0 Å². The van der Waals surface area contributed by atoms with Gasteiger partial charge < -0.3 is 5.11 Å². The number of aromatic nitrogens is 3. The molecule has 0 saturated heterocycles. The van der Waals surface area contributed by atoms with Crippen LogP contribution in [0.4, 0.5) is 5.82 Å². The van der Waals surface area contributed by atoms with Crippen molar-refractivity contribution in [2.24, 2.45) is 5.10 Å². The molecule has 7 nitrogen and oxygen atoms in total. The van der Waals surface area contributed by atoms with Crippen molar-refractivity contribution in [1.82, 2.24) is 15.2 Å². The van der Waals surface area contributed by atoms with Crippen molar-refractivity contribution in [3.63, 3.8) is 0 Å². The Balaban J connectivity index is 2.09. The molecular weight excluding hydrogens is 234 g/mol. The number of benzene rings is 1. The summed E-state index contributed by atoms with van der Waals surface area (Å²) < 4.78 is 0. The van der Waals surface area contributed by atoms with Crippen LogP contribution < -0.4 is 11.1 Å². The first-order valence-electron chi connectivity index (χ1n) is 5.16. The second kappa shape index (κ2) is 5.09. The summed E-state index contributed by atoms with van der Waals surface area (Å²) in [6, 6.07) is 6.52. The Morgan fingerprint density at radius 1 is 1.39 bits per heavy atom. The normalized spacial score (nSPS) is 10.7. The zero-order valence-corrected chi connectivity index (χ0v) is 9.58. The molecular formula is C11H11N5O2. The molecule has 1 heterocycles. The molecule has 1 aromatic heterocycles. The van der Waals surface area contributed by atoms with Gasteiger partial charge in [-0.15, -0.1) is 0 Å². The lowest BCUT2D eigenvalue weighted by atomic mass is 10.2. The maximum Gasteiger partial charge on any atom is 0.363 e. The predicted octanol–water partition coefficient (Wildman–Crippen LogP) is 0.625. The third-order valence-electron chi connectivity index (χ3n) is 2.15. The van der Waals surface area contributed by atoms with E-state index in [-0.39, 0.29) is 5.75 Å². The lowest BCUT2D eigenvalue weighted by Gasteiger charge is -2.00. The number of rotatable bonds is 3. The summed E-state index contributed by atoms with van der Waals surface area (Å²) in [6.07, 6.45) is 1.54. The predicted molar refractivity (Wildman–Crippen MR) is 66.7 cm³/mol. The first-order chi connectivity index (χ1) is 8.65. The molecule has 92 valence electrons. The Morgan fingerprint density at radius 3 is 2.83 bits per heavy atom. The summed E-state index contributed by atoms with van der Waals surface area (Å²) in [4.78, 5) is 14.6. The smallest absolute Gasteiger partial charge is 0.363 e. The fourth-order valence-electron chi connectivity index (χ4n) is 1.23. The van der Waals surface area contributed by atoms with Crippen molar-refractivity contribution >= 4 is 12.0 Å². The van der Waals surface area contributed by atoms with E-state index in [1.54, 1.807) is 37.4 Å². The van der Waals surface area contributed by atoms with E-state index in [1.165, 1.54) is 0 Å². The highest BCUT2D eigenvalue weighted by Crippen LogP contribution is 2.08. The quantitative estimate of drug-likeness (QED) is 0.543. The molecule has 0 saturated carbocycles. The Labute approximate surface area is 102 Å². The van der Waals surface area contributed by atoms with Gasteiger partial charge in [0, 0.05) is 0 Å². The van der Waals surface area contributed by atoms with E-state index in [0.29, 0.717) is 11.5 Å². The highest BCUT2D eigenvalue weighted by atomic mass is 16.3. The summed E-state index contributed by atoms with van der Waals surface area (Å²) in [6.45, 7) is 1.70. The molecule has 18 heavy (non-hydrogen) atoms. The van der Waals surface area contributed by atoms with Crippen LogP contribution in [-0.4, -0.2) is 26.5 Å². The van der Waals surface area contributed by atoms with Crippen molar-refractivity contribution in [3.8, 4) is 5.75 Å². The zero-order chi connectivity index (χ0) is 13.0. The van der Waals surface area contributed by atoms with Crippen LogP contribution in [0.5, 0.6) is 5.75 Å². The second-order valence-corrected chi connectivity index (χ2v) is 3.54. The fraction of sp³-hybridized carbons (Fsp3) is 0.0909. The Morgan fingerprint density at radius 2 is 2.11 bits per heavy atom. The van der Waals surface area contributed by atoms with E-state index in [0.717, 1.165) is 5.56 Å². The molecule has 0 unspecified atom stereocenters. The molecule has 2 aromatic rings. The first-order valence-corrected chi connectivity index (χ1v) is 5.16. The van der Waals surface area contributed by atoms with Crippen LogP contribution in [-0.2, 0) is 0 Å². The zero-order valence-electron chi connectivity index (χ0n) is 9.58. The average molecular weight is 245 g/mol. The average Bonchev–Trinajstić information content (AvgIpc) is 2.36. The summed E-state index contributed by atoms with van der Waals surface area (Å²) >= 11 is 0. The van der Waals surface area contributed by atoms with Gasteiger partial charge in [-0.3, -0.25) is 5.43 Å². The Bertz CT molecular complexity index is 618. The molecule has 3 N–H and O–H groups in total. The van der Waals surface area contributed by atoms with E-state index in [1.807, 2.05) is 0 Å². The summed E-state index contributed by atoms with van der Waals surface area (Å²) in [5.41, 5.74) is 3.43. The van der Waals surface area contributed by atoms with Crippen molar-refractivity contribution in [1.29, 1.82) is 0 Å².